The first-order valence-corrected chi connectivity index (χ1v) is 16.7. The van der Waals surface area contributed by atoms with Crippen molar-refractivity contribution in [1.29, 1.82) is 0 Å². The second kappa shape index (κ2) is 14.2. The highest BCUT2D eigenvalue weighted by Gasteiger charge is 2.34. The van der Waals surface area contributed by atoms with Crippen molar-refractivity contribution in [2.45, 2.75) is 62.6 Å². The van der Waals surface area contributed by atoms with E-state index in [2.05, 4.69) is 27.9 Å². The van der Waals surface area contributed by atoms with Gasteiger partial charge in [0.15, 0.2) is 0 Å². The number of nitrogens with one attached hydrogen (secondary N) is 1. The summed E-state index contributed by atoms with van der Waals surface area (Å²) in [6.07, 6.45) is 4.25. The Morgan fingerprint density at radius 2 is 1.63 bits per heavy atom. The highest BCUT2D eigenvalue weighted by atomic mass is 127. The Hall–Kier alpha value is -2.34. The lowest BCUT2D eigenvalue weighted by Crippen LogP contribution is -2.53. The smallest absolute Gasteiger partial charge is 0.264 e. The predicted octanol–water partition coefficient (Wildman–Crippen LogP) is 6.66. The summed E-state index contributed by atoms with van der Waals surface area (Å²) in [7, 11) is -4.11. The Bertz CT molecular complexity index is 1470. The molecule has 0 saturated heterocycles. The zero-order valence-corrected chi connectivity index (χ0v) is 27.1. The van der Waals surface area contributed by atoms with E-state index in [4.69, 9.17) is 23.2 Å². The minimum absolute atomic E-state index is 0.0538. The van der Waals surface area contributed by atoms with Crippen LogP contribution in [0.3, 0.4) is 0 Å². The Morgan fingerprint density at radius 1 is 0.976 bits per heavy atom. The number of halogens is 3. The molecule has 1 N–H and O–H groups in total. The van der Waals surface area contributed by atoms with Crippen LogP contribution in [0.2, 0.25) is 10.0 Å². The molecule has 0 aromatic heterocycles. The van der Waals surface area contributed by atoms with Gasteiger partial charge < -0.3 is 10.2 Å². The first kappa shape index (κ1) is 31.6. The third kappa shape index (κ3) is 7.94. The molecule has 0 spiro atoms. The maximum atomic E-state index is 14.1. The van der Waals surface area contributed by atoms with Crippen LogP contribution in [0.1, 0.15) is 44.6 Å². The number of hydrogen-bond donors (Lipinski definition) is 1. The number of amides is 2. The van der Waals surface area contributed by atoms with Crippen LogP contribution in [0.5, 0.6) is 0 Å². The highest BCUT2D eigenvalue weighted by molar-refractivity contribution is 14.1. The van der Waals surface area contributed by atoms with E-state index in [1.807, 2.05) is 6.92 Å². The molecule has 1 atom stereocenters. The molecule has 0 aliphatic heterocycles. The third-order valence-corrected chi connectivity index (χ3v) is 10.4. The number of hydrogen-bond acceptors (Lipinski definition) is 4. The van der Waals surface area contributed by atoms with Crippen molar-refractivity contribution in [3.8, 4) is 0 Å². The number of carbonyl (C=O) groups excluding carboxylic acids is 2. The van der Waals surface area contributed by atoms with E-state index in [-0.39, 0.29) is 23.4 Å². The highest BCUT2D eigenvalue weighted by Crippen LogP contribution is 2.27. The Morgan fingerprint density at radius 3 is 2.24 bits per heavy atom. The summed E-state index contributed by atoms with van der Waals surface area (Å²) in [5.74, 6) is -0.762. The van der Waals surface area contributed by atoms with Gasteiger partial charge in [0.05, 0.1) is 20.6 Å². The molecule has 11 heteroatoms. The zero-order valence-electron chi connectivity index (χ0n) is 22.6. The summed E-state index contributed by atoms with van der Waals surface area (Å²) in [6.45, 7) is 1.40. The molecule has 7 nitrogen and oxygen atoms in total. The fraction of sp³-hybridized carbons (Fsp3) is 0.333. The SMILES string of the molecule is CC[C@@H](C(=O)NC1CCCC1)N(Cc1ccc(Cl)c(Cl)c1)C(=O)CN(c1ccc(I)cc1)S(=O)(=O)c1ccccc1. The second-order valence-corrected chi connectivity index (χ2v) is 13.9. The quantitative estimate of drug-likeness (QED) is 0.224. The second-order valence-electron chi connectivity index (χ2n) is 9.99. The molecule has 218 valence electrons. The normalized spacial score (nSPS) is 14.4. The van der Waals surface area contributed by atoms with Gasteiger partial charge in [0.2, 0.25) is 11.8 Å². The van der Waals surface area contributed by atoms with Crippen molar-refractivity contribution in [1.82, 2.24) is 10.2 Å². The van der Waals surface area contributed by atoms with Crippen molar-refractivity contribution >= 4 is 73.3 Å². The molecule has 1 fully saturated rings. The maximum Gasteiger partial charge on any atom is 0.264 e. The number of sulfonamides is 1. The number of rotatable bonds is 11. The monoisotopic (exact) mass is 727 g/mol. The molecular formula is C30H32Cl2IN3O4S. The van der Waals surface area contributed by atoms with Gasteiger partial charge >= 0.3 is 0 Å². The largest absolute Gasteiger partial charge is 0.352 e. The fourth-order valence-electron chi connectivity index (χ4n) is 4.98. The van der Waals surface area contributed by atoms with Crippen molar-refractivity contribution in [2.75, 3.05) is 10.8 Å². The fourth-order valence-corrected chi connectivity index (χ4v) is 7.09. The van der Waals surface area contributed by atoms with E-state index in [9.17, 15) is 18.0 Å². The molecule has 0 heterocycles. The van der Waals surface area contributed by atoms with Gasteiger partial charge in [0, 0.05) is 16.2 Å². The first-order valence-electron chi connectivity index (χ1n) is 13.5. The first-order chi connectivity index (χ1) is 19.6. The van der Waals surface area contributed by atoms with Crippen LogP contribution >= 0.6 is 45.8 Å². The van der Waals surface area contributed by atoms with Crippen LogP contribution < -0.4 is 9.62 Å². The standard InChI is InChI=1S/C30H32Cl2IN3O4S/c1-2-28(30(38)34-23-8-6-7-9-23)35(19-21-12-17-26(31)27(32)18-21)29(37)20-36(24-15-13-22(33)14-16-24)41(39,40)25-10-4-3-5-11-25/h3-5,10-18,23,28H,2,6-9,19-20H2,1H3,(H,34,38)/t28-/m0/s1. The number of anilines is 1. The molecule has 1 aliphatic rings. The molecule has 1 saturated carbocycles. The summed E-state index contributed by atoms with van der Waals surface area (Å²) < 4.78 is 29.7. The van der Waals surface area contributed by atoms with Crippen LogP contribution in [-0.2, 0) is 26.2 Å². The van der Waals surface area contributed by atoms with Crippen LogP contribution in [0.15, 0.2) is 77.7 Å². The van der Waals surface area contributed by atoms with Gasteiger partial charge in [-0.25, -0.2) is 8.42 Å². The molecule has 0 unspecified atom stereocenters. The molecule has 0 bridgehead atoms. The van der Waals surface area contributed by atoms with Gasteiger partial charge in [0.1, 0.15) is 12.6 Å². The van der Waals surface area contributed by atoms with Crippen molar-refractivity contribution in [3.63, 3.8) is 0 Å². The van der Waals surface area contributed by atoms with Gasteiger partial charge in [-0.3, -0.25) is 13.9 Å². The lowest BCUT2D eigenvalue weighted by molar-refractivity contribution is -0.140. The molecule has 3 aromatic rings. The topological polar surface area (TPSA) is 86.8 Å². The van der Waals surface area contributed by atoms with E-state index in [0.717, 1.165) is 33.6 Å². The Labute approximate surface area is 265 Å². The molecule has 1 aliphatic carbocycles. The molecule has 41 heavy (non-hydrogen) atoms. The van der Waals surface area contributed by atoms with Gasteiger partial charge in [-0.15, -0.1) is 0 Å². The third-order valence-electron chi connectivity index (χ3n) is 7.15. The van der Waals surface area contributed by atoms with Crippen LogP contribution in [0, 0.1) is 3.57 Å². The van der Waals surface area contributed by atoms with E-state index >= 15 is 0 Å². The van der Waals surface area contributed by atoms with E-state index in [1.54, 1.807) is 60.7 Å². The molecular weight excluding hydrogens is 696 g/mol. The van der Waals surface area contributed by atoms with Crippen molar-refractivity contribution < 1.29 is 18.0 Å². The summed E-state index contributed by atoms with van der Waals surface area (Å²) in [5.41, 5.74) is 1.02. The van der Waals surface area contributed by atoms with Crippen molar-refractivity contribution in [3.05, 3.63) is 92.0 Å². The minimum atomic E-state index is -4.11. The van der Waals surface area contributed by atoms with E-state index in [1.165, 1.54) is 17.0 Å². The summed E-state index contributed by atoms with van der Waals surface area (Å²) in [5, 5.41) is 3.81. The Kier molecular flexibility index (Phi) is 11.0. The van der Waals surface area contributed by atoms with Gasteiger partial charge in [-0.2, -0.15) is 0 Å². The molecule has 3 aromatic carbocycles. The zero-order chi connectivity index (χ0) is 29.6. The average molecular weight is 728 g/mol. The average Bonchev–Trinajstić information content (AvgIpc) is 3.47. The Balaban J connectivity index is 1.71. The minimum Gasteiger partial charge on any atom is -0.352 e. The van der Waals surface area contributed by atoms with E-state index < -0.39 is 28.5 Å². The molecule has 2 amide bonds. The van der Waals surface area contributed by atoms with Gasteiger partial charge in [0.25, 0.3) is 10.0 Å². The summed E-state index contributed by atoms with van der Waals surface area (Å²) >= 11 is 14.5. The van der Waals surface area contributed by atoms with E-state index in [0.29, 0.717) is 27.7 Å². The van der Waals surface area contributed by atoms with Crippen LogP contribution in [-0.4, -0.2) is 43.8 Å². The summed E-state index contributed by atoms with van der Waals surface area (Å²) in [4.78, 5) is 29.2. The lowest BCUT2D eigenvalue weighted by atomic mass is 10.1. The predicted molar refractivity (Wildman–Crippen MR) is 172 cm³/mol. The number of nitrogens with zero attached hydrogens (tertiary/aromatic N) is 2. The maximum absolute atomic E-state index is 14.1. The molecule has 0 radical (unpaired) electrons. The van der Waals surface area contributed by atoms with Crippen LogP contribution in [0.25, 0.3) is 0 Å². The number of benzene rings is 3. The van der Waals surface area contributed by atoms with Gasteiger partial charge in [-0.05, 0) is 95.9 Å². The summed E-state index contributed by atoms with van der Waals surface area (Å²) in [6, 6.07) is 19.2. The lowest BCUT2D eigenvalue weighted by Gasteiger charge is -2.34. The van der Waals surface area contributed by atoms with Gasteiger partial charge in [-0.1, -0.05) is 67.2 Å². The van der Waals surface area contributed by atoms with Crippen LogP contribution in [0.4, 0.5) is 5.69 Å². The molecule has 4 rings (SSSR count). The number of carbonyl (C=O) groups is 2. The van der Waals surface area contributed by atoms with Crippen molar-refractivity contribution in [2.24, 2.45) is 0 Å².